The van der Waals surface area contributed by atoms with Crippen LogP contribution in [0, 0.1) is 11.8 Å². The summed E-state index contributed by atoms with van der Waals surface area (Å²) in [4.78, 5) is 27.1. The largest absolute Gasteiger partial charge is 0.481 e. The molecule has 0 aliphatic heterocycles. The highest BCUT2D eigenvalue weighted by Crippen LogP contribution is 2.26. The van der Waals surface area contributed by atoms with E-state index >= 15 is 0 Å². The van der Waals surface area contributed by atoms with Gasteiger partial charge in [-0.1, -0.05) is 18.2 Å². The van der Waals surface area contributed by atoms with Crippen molar-refractivity contribution in [2.75, 3.05) is 0 Å². The molecule has 0 radical (unpaired) electrons. The van der Waals surface area contributed by atoms with E-state index < -0.39 is 17.8 Å². The van der Waals surface area contributed by atoms with E-state index in [-0.39, 0.29) is 5.91 Å². The number of hydrogen-bond donors (Lipinski definition) is 2. The van der Waals surface area contributed by atoms with Crippen molar-refractivity contribution >= 4 is 11.9 Å². The van der Waals surface area contributed by atoms with E-state index in [2.05, 4.69) is 10.3 Å². The minimum Gasteiger partial charge on any atom is -0.481 e. The number of nitrogens with one attached hydrogen (secondary N) is 1. The number of nitrogens with zero attached hydrogens (tertiary/aromatic N) is 1. The molecule has 0 spiro atoms. The smallest absolute Gasteiger partial charge is 0.307 e. The molecule has 0 saturated carbocycles. The summed E-state index contributed by atoms with van der Waals surface area (Å²) in [7, 11) is 0. The molecular weight excluding hydrogens is 244 g/mol. The van der Waals surface area contributed by atoms with Gasteiger partial charge in [0.05, 0.1) is 11.8 Å². The van der Waals surface area contributed by atoms with Crippen molar-refractivity contribution in [1.29, 1.82) is 0 Å². The average molecular weight is 260 g/mol. The van der Waals surface area contributed by atoms with Crippen LogP contribution in [0.2, 0.25) is 0 Å². The number of carboxylic acid groups (broad SMARTS) is 1. The molecule has 0 aromatic carbocycles. The molecule has 0 fully saturated rings. The minimum absolute atomic E-state index is 0.208. The third-order valence-electron chi connectivity index (χ3n) is 3.28. The van der Waals surface area contributed by atoms with Crippen LogP contribution >= 0.6 is 0 Å². The molecule has 0 bridgehead atoms. The lowest BCUT2D eigenvalue weighted by Crippen LogP contribution is -2.38. The Kier molecular flexibility index (Phi) is 4.28. The van der Waals surface area contributed by atoms with Gasteiger partial charge < -0.3 is 10.4 Å². The lowest BCUT2D eigenvalue weighted by Gasteiger charge is -2.24. The number of pyridine rings is 1. The monoisotopic (exact) mass is 260 g/mol. The first-order chi connectivity index (χ1) is 9.18. The number of aromatic nitrogens is 1. The number of carbonyl (C=O) groups excluding carboxylic acids is 1. The number of amides is 1. The molecule has 0 saturated heterocycles. The Morgan fingerprint density at radius 3 is 2.68 bits per heavy atom. The highest BCUT2D eigenvalue weighted by atomic mass is 16.4. The van der Waals surface area contributed by atoms with Crippen LogP contribution in [-0.2, 0) is 16.1 Å². The van der Waals surface area contributed by atoms with E-state index in [0.29, 0.717) is 19.4 Å². The van der Waals surface area contributed by atoms with Crippen LogP contribution in [0.4, 0.5) is 0 Å². The predicted octanol–water partition coefficient (Wildman–Crippen LogP) is 1.36. The Hall–Kier alpha value is -2.17. The van der Waals surface area contributed by atoms with Gasteiger partial charge in [-0.25, -0.2) is 0 Å². The molecule has 1 aromatic heterocycles. The normalized spacial score (nSPS) is 21.9. The maximum absolute atomic E-state index is 12.1. The van der Waals surface area contributed by atoms with Gasteiger partial charge in [0.15, 0.2) is 0 Å². The zero-order valence-electron chi connectivity index (χ0n) is 10.5. The SMILES string of the molecule is O=C(O)[C@@H]1CC=CC[C@H]1C(=O)NCc1cccnc1. The molecule has 1 aliphatic rings. The van der Waals surface area contributed by atoms with Gasteiger partial charge in [0, 0.05) is 18.9 Å². The summed E-state index contributed by atoms with van der Waals surface area (Å²) in [6, 6.07) is 3.66. The number of allylic oxidation sites excluding steroid dienone is 2. The third-order valence-corrected chi connectivity index (χ3v) is 3.28. The molecule has 1 aromatic rings. The topological polar surface area (TPSA) is 79.3 Å². The fourth-order valence-corrected chi connectivity index (χ4v) is 2.20. The predicted molar refractivity (Wildman–Crippen MR) is 69.1 cm³/mol. The van der Waals surface area contributed by atoms with Crippen LogP contribution < -0.4 is 5.32 Å². The van der Waals surface area contributed by atoms with Gasteiger partial charge in [-0.05, 0) is 24.5 Å². The van der Waals surface area contributed by atoms with Crippen LogP contribution in [0.3, 0.4) is 0 Å². The molecule has 5 nitrogen and oxygen atoms in total. The highest BCUT2D eigenvalue weighted by molar-refractivity contribution is 5.85. The molecule has 1 aliphatic carbocycles. The standard InChI is InChI=1S/C14H16N2O3/c17-13(16-9-10-4-3-7-15-8-10)11-5-1-2-6-12(11)14(18)19/h1-4,7-8,11-12H,5-6,9H2,(H,16,17)(H,18,19)/t11-,12-/m1/s1. The number of hydrogen-bond acceptors (Lipinski definition) is 3. The van der Waals surface area contributed by atoms with Gasteiger partial charge in [-0.3, -0.25) is 14.6 Å². The van der Waals surface area contributed by atoms with Crippen molar-refractivity contribution in [2.24, 2.45) is 11.8 Å². The Balaban J connectivity index is 1.95. The van der Waals surface area contributed by atoms with Crippen molar-refractivity contribution in [3.8, 4) is 0 Å². The van der Waals surface area contributed by atoms with E-state index in [1.165, 1.54) is 0 Å². The lowest BCUT2D eigenvalue weighted by molar-refractivity contribution is -0.147. The minimum atomic E-state index is -0.911. The van der Waals surface area contributed by atoms with Gasteiger partial charge in [-0.15, -0.1) is 0 Å². The first kappa shape index (κ1) is 13.3. The first-order valence-electron chi connectivity index (χ1n) is 6.23. The lowest BCUT2D eigenvalue weighted by atomic mass is 9.82. The third kappa shape index (κ3) is 3.40. The molecule has 5 heteroatoms. The van der Waals surface area contributed by atoms with Crippen molar-refractivity contribution < 1.29 is 14.7 Å². The molecular formula is C14H16N2O3. The molecule has 19 heavy (non-hydrogen) atoms. The van der Waals surface area contributed by atoms with E-state index in [9.17, 15) is 9.59 Å². The summed E-state index contributed by atoms with van der Waals surface area (Å²) >= 11 is 0. The number of carbonyl (C=O) groups is 2. The molecule has 100 valence electrons. The quantitative estimate of drug-likeness (QED) is 0.801. The molecule has 2 rings (SSSR count). The average Bonchev–Trinajstić information content (AvgIpc) is 2.46. The zero-order chi connectivity index (χ0) is 13.7. The van der Waals surface area contributed by atoms with Crippen LogP contribution in [0.5, 0.6) is 0 Å². The van der Waals surface area contributed by atoms with Gasteiger partial charge in [0.2, 0.25) is 5.91 Å². The van der Waals surface area contributed by atoms with Gasteiger partial charge in [0.25, 0.3) is 0 Å². The van der Waals surface area contributed by atoms with Gasteiger partial charge >= 0.3 is 5.97 Å². The summed E-state index contributed by atoms with van der Waals surface area (Å²) in [6.45, 7) is 0.374. The maximum Gasteiger partial charge on any atom is 0.307 e. The molecule has 0 unspecified atom stereocenters. The summed E-state index contributed by atoms with van der Waals surface area (Å²) in [6.07, 6.45) is 7.93. The Morgan fingerprint density at radius 1 is 1.32 bits per heavy atom. The molecule has 2 N–H and O–H groups in total. The summed E-state index contributed by atoms with van der Waals surface area (Å²) in [5.41, 5.74) is 0.897. The maximum atomic E-state index is 12.1. The fraction of sp³-hybridized carbons (Fsp3) is 0.357. The first-order valence-corrected chi connectivity index (χ1v) is 6.23. The highest BCUT2D eigenvalue weighted by Gasteiger charge is 2.33. The van der Waals surface area contributed by atoms with E-state index in [1.807, 2.05) is 18.2 Å². The van der Waals surface area contributed by atoms with Crippen LogP contribution in [0.15, 0.2) is 36.7 Å². The number of rotatable bonds is 4. The van der Waals surface area contributed by atoms with Crippen molar-refractivity contribution in [3.63, 3.8) is 0 Å². The van der Waals surface area contributed by atoms with Crippen LogP contribution in [-0.4, -0.2) is 22.0 Å². The Morgan fingerprint density at radius 2 is 2.05 bits per heavy atom. The van der Waals surface area contributed by atoms with E-state index in [1.54, 1.807) is 18.5 Å². The summed E-state index contributed by atoms with van der Waals surface area (Å²) in [5.74, 6) is -2.23. The van der Waals surface area contributed by atoms with Crippen LogP contribution in [0.25, 0.3) is 0 Å². The van der Waals surface area contributed by atoms with Crippen molar-refractivity contribution in [1.82, 2.24) is 10.3 Å². The zero-order valence-corrected chi connectivity index (χ0v) is 10.5. The molecule has 1 heterocycles. The van der Waals surface area contributed by atoms with E-state index in [0.717, 1.165) is 5.56 Å². The Labute approximate surface area is 111 Å². The number of carboxylic acids is 1. The van der Waals surface area contributed by atoms with E-state index in [4.69, 9.17) is 5.11 Å². The van der Waals surface area contributed by atoms with Crippen LogP contribution in [0.1, 0.15) is 18.4 Å². The second-order valence-electron chi connectivity index (χ2n) is 4.57. The fourth-order valence-electron chi connectivity index (χ4n) is 2.20. The van der Waals surface area contributed by atoms with Gasteiger partial charge in [-0.2, -0.15) is 0 Å². The number of aliphatic carboxylic acids is 1. The second kappa shape index (κ2) is 6.13. The summed E-state index contributed by atoms with van der Waals surface area (Å²) in [5, 5.41) is 11.9. The second-order valence-corrected chi connectivity index (χ2v) is 4.57. The Bertz CT molecular complexity index is 485. The van der Waals surface area contributed by atoms with Gasteiger partial charge in [0.1, 0.15) is 0 Å². The van der Waals surface area contributed by atoms with Crippen molar-refractivity contribution in [2.45, 2.75) is 19.4 Å². The summed E-state index contributed by atoms with van der Waals surface area (Å²) < 4.78 is 0. The molecule has 1 amide bonds. The molecule has 2 atom stereocenters. The van der Waals surface area contributed by atoms with Crippen molar-refractivity contribution in [3.05, 3.63) is 42.2 Å².